The third-order valence-electron chi connectivity index (χ3n) is 5.00. The predicted octanol–water partition coefficient (Wildman–Crippen LogP) is 3.93. The smallest absolute Gasteiger partial charge is 0.262 e. The molecule has 0 bridgehead atoms. The van der Waals surface area contributed by atoms with Crippen molar-refractivity contribution in [3.8, 4) is 5.75 Å². The summed E-state index contributed by atoms with van der Waals surface area (Å²) in [6, 6.07) is 15.2. The summed E-state index contributed by atoms with van der Waals surface area (Å²) in [5.74, 6) is 0.0545. The van der Waals surface area contributed by atoms with E-state index in [4.69, 9.17) is 0 Å². The number of nitrogens with one attached hydrogen (secondary N) is 2. The van der Waals surface area contributed by atoms with Crippen molar-refractivity contribution in [3.63, 3.8) is 0 Å². The molecular weight excluding hydrogens is 386 g/mol. The molecule has 6 nitrogen and oxygen atoms in total. The average Bonchev–Trinajstić information content (AvgIpc) is 3.08. The minimum Gasteiger partial charge on any atom is -0.507 e. The van der Waals surface area contributed by atoms with E-state index in [1.54, 1.807) is 42.5 Å². The van der Waals surface area contributed by atoms with E-state index in [2.05, 4.69) is 14.6 Å². The van der Waals surface area contributed by atoms with E-state index in [9.17, 15) is 13.5 Å². The van der Waals surface area contributed by atoms with Crippen LogP contribution in [0.3, 0.4) is 0 Å². The molecule has 0 amide bonds. The van der Waals surface area contributed by atoms with Crippen molar-refractivity contribution in [2.24, 2.45) is 0 Å². The van der Waals surface area contributed by atoms with Gasteiger partial charge in [0, 0.05) is 40.1 Å². The fourth-order valence-corrected chi connectivity index (χ4v) is 4.77. The number of aromatic hydroxyl groups is 1. The quantitative estimate of drug-likeness (QED) is 0.450. The van der Waals surface area contributed by atoms with Crippen molar-refractivity contribution < 1.29 is 13.5 Å². The van der Waals surface area contributed by atoms with Crippen molar-refractivity contribution in [2.75, 3.05) is 25.4 Å². The lowest BCUT2D eigenvalue weighted by molar-refractivity contribution is 0.414. The van der Waals surface area contributed by atoms with Crippen LogP contribution in [0.15, 0.2) is 65.7 Å². The van der Waals surface area contributed by atoms with Crippen LogP contribution in [-0.4, -0.2) is 44.0 Å². The Morgan fingerprint density at radius 1 is 1.00 bits per heavy atom. The fraction of sp³-hybridized carbons (Fsp3) is 0.182. The van der Waals surface area contributed by atoms with Gasteiger partial charge in [0.15, 0.2) is 0 Å². The van der Waals surface area contributed by atoms with Gasteiger partial charge in [-0.1, -0.05) is 24.3 Å². The van der Waals surface area contributed by atoms with Crippen molar-refractivity contribution >= 4 is 37.4 Å². The third-order valence-corrected chi connectivity index (χ3v) is 6.44. The van der Waals surface area contributed by atoms with Crippen LogP contribution >= 0.6 is 0 Å². The second-order valence-corrected chi connectivity index (χ2v) is 9.01. The van der Waals surface area contributed by atoms with Gasteiger partial charge < -0.3 is 15.0 Å². The summed E-state index contributed by atoms with van der Waals surface area (Å²) in [4.78, 5) is 5.49. The van der Waals surface area contributed by atoms with E-state index < -0.39 is 10.0 Å². The number of phenols is 1. The summed E-state index contributed by atoms with van der Waals surface area (Å²) >= 11 is 0. The molecule has 0 saturated carbocycles. The van der Waals surface area contributed by atoms with Crippen LogP contribution in [0.4, 0.5) is 5.69 Å². The van der Waals surface area contributed by atoms with Crippen molar-refractivity contribution in [1.29, 1.82) is 0 Å². The van der Waals surface area contributed by atoms with Gasteiger partial charge in [-0.2, -0.15) is 0 Å². The topological polar surface area (TPSA) is 85.4 Å². The number of sulfonamides is 1. The average molecular weight is 410 g/mol. The van der Waals surface area contributed by atoms with E-state index in [-0.39, 0.29) is 10.6 Å². The van der Waals surface area contributed by atoms with Gasteiger partial charge in [0.25, 0.3) is 10.0 Å². The van der Waals surface area contributed by atoms with E-state index in [1.807, 2.05) is 32.4 Å². The summed E-state index contributed by atoms with van der Waals surface area (Å²) < 4.78 is 28.9. The third kappa shape index (κ3) is 3.79. The Morgan fingerprint density at radius 2 is 1.76 bits per heavy atom. The highest BCUT2D eigenvalue weighted by Crippen LogP contribution is 2.31. The number of H-pyrrole nitrogens is 1. The highest BCUT2D eigenvalue weighted by atomic mass is 32.2. The summed E-state index contributed by atoms with van der Waals surface area (Å²) in [7, 11) is 0.222. The van der Waals surface area contributed by atoms with Crippen molar-refractivity contribution in [3.05, 3.63) is 66.4 Å². The van der Waals surface area contributed by atoms with E-state index in [1.165, 1.54) is 0 Å². The molecule has 4 rings (SSSR count). The lowest BCUT2D eigenvalue weighted by atomic mass is 10.1. The van der Waals surface area contributed by atoms with Crippen LogP contribution in [0.25, 0.3) is 21.7 Å². The number of likely N-dealkylation sites (N-methyl/N-ethyl adjacent to an activating group) is 1. The number of fused-ring (bicyclic) bond motifs is 2. The minimum absolute atomic E-state index is 0.0545. The molecule has 0 saturated heterocycles. The molecule has 0 radical (unpaired) electrons. The summed E-state index contributed by atoms with van der Waals surface area (Å²) in [6.07, 6.45) is 2.84. The van der Waals surface area contributed by atoms with Crippen molar-refractivity contribution in [1.82, 2.24) is 9.88 Å². The number of anilines is 1. The molecule has 150 valence electrons. The Kier molecular flexibility index (Phi) is 4.94. The van der Waals surface area contributed by atoms with Crippen LogP contribution < -0.4 is 4.72 Å². The number of phenolic OH excluding ortho intramolecular Hbond substituents is 1. The number of hydrogen-bond donors (Lipinski definition) is 3. The molecule has 4 aromatic rings. The first-order valence-electron chi connectivity index (χ1n) is 9.33. The lowest BCUT2D eigenvalue weighted by Crippen LogP contribution is -2.15. The molecule has 29 heavy (non-hydrogen) atoms. The normalized spacial score (nSPS) is 12.1. The molecule has 3 aromatic carbocycles. The highest BCUT2D eigenvalue weighted by Gasteiger charge is 2.19. The van der Waals surface area contributed by atoms with Gasteiger partial charge >= 0.3 is 0 Å². The van der Waals surface area contributed by atoms with Gasteiger partial charge in [0.1, 0.15) is 5.75 Å². The maximum atomic E-state index is 13.1. The zero-order chi connectivity index (χ0) is 20.6. The molecule has 7 heteroatoms. The maximum absolute atomic E-state index is 13.1. The molecule has 1 heterocycles. The Bertz CT molecular complexity index is 1290. The van der Waals surface area contributed by atoms with Gasteiger partial charge in [-0.15, -0.1) is 0 Å². The summed E-state index contributed by atoms with van der Waals surface area (Å²) in [6.45, 7) is 0.905. The first-order chi connectivity index (χ1) is 13.8. The van der Waals surface area contributed by atoms with E-state index in [0.717, 1.165) is 29.4 Å². The number of aromatic nitrogens is 1. The maximum Gasteiger partial charge on any atom is 0.262 e. The largest absolute Gasteiger partial charge is 0.507 e. The van der Waals surface area contributed by atoms with Crippen LogP contribution in [0, 0.1) is 0 Å². The molecule has 0 atom stereocenters. The molecule has 3 N–H and O–H groups in total. The number of hydrogen-bond acceptors (Lipinski definition) is 4. The second kappa shape index (κ2) is 7.42. The monoisotopic (exact) mass is 409 g/mol. The first-order valence-corrected chi connectivity index (χ1v) is 10.8. The number of aromatic amines is 1. The van der Waals surface area contributed by atoms with Gasteiger partial charge in [0.2, 0.25) is 0 Å². The first kappa shape index (κ1) is 19.3. The van der Waals surface area contributed by atoms with Gasteiger partial charge in [-0.25, -0.2) is 8.42 Å². The molecule has 0 fully saturated rings. The number of benzene rings is 3. The van der Waals surface area contributed by atoms with Crippen LogP contribution in [0.1, 0.15) is 5.56 Å². The summed E-state index contributed by atoms with van der Waals surface area (Å²) in [5, 5.41) is 12.0. The molecule has 0 aliphatic carbocycles. The number of nitrogens with zero attached hydrogens (tertiary/aromatic N) is 1. The Labute approximate surface area is 169 Å². The summed E-state index contributed by atoms with van der Waals surface area (Å²) in [5.41, 5.74) is 2.61. The number of rotatable bonds is 6. The SMILES string of the molecule is CN(C)CCc1c[nH]c2ccc(NS(=O)(=O)c3cccc4c(O)cccc34)cc12. The second-order valence-electron chi connectivity index (χ2n) is 7.36. The van der Waals surface area contributed by atoms with Crippen molar-refractivity contribution in [2.45, 2.75) is 11.3 Å². The molecule has 0 aliphatic rings. The predicted molar refractivity (Wildman–Crippen MR) is 117 cm³/mol. The molecule has 0 unspecified atom stereocenters. The highest BCUT2D eigenvalue weighted by molar-refractivity contribution is 7.93. The molecule has 1 aromatic heterocycles. The van der Waals surface area contributed by atoms with Gasteiger partial charge in [0.05, 0.1) is 4.90 Å². The fourth-order valence-electron chi connectivity index (χ4n) is 3.50. The Morgan fingerprint density at radius 3 is 2.55 bits per heavy atom. The zero-order valence-corrected chi connectivity index (χ0v) is 17.1. The van der Waals surface area contributed by atoms with Crippen LogP contribution in [0.5, 0.6) is 5.75 Å². The Hall–Kier alpha value is -3.03. The molecule has 0 aliphatic heterocycles. The van der Waals surface area contributed by atoms with Gasteiger partial charge in [-0.3, -0.25) is 4.72 Å². The van der Waals surface area contributed by atoms with E-state index in [0.29, 0.717) is 16.5 Å². The van der Waals surface area contributed by atoms with Gasteiger partial charge in [-0.05, 0) is 56.4 Å². The van der Waals surface area contributed by atoms with E-state index >= 15 is 0 Å². The Balaban J connectivity index is 1.71. The molecule has 0 spiro atoms. The zero-order valence-electron chi connectivity index (χ0n) is 16.3. The standard InChI is InChI=1S/C22H23N3O3S/c1-25(2)12-11-15-14-23-20-10-9-16(13-19(15)20)24-29(27,28)22-8-4-5-17-18(22)6-3-7-21(17)26/h3-10,13-14,23-24,26H,11-12H2,1-2H3. The minimum atomic E-state index is -3.83. The lowest BCUT2D eigenvalue weighted by Gasteiger charge is -2.12. The molecular formula is C22H23N3O3S. The van der Waals surface area contributed by atoms with Crippen LogP contribution in [-0.2, 0) is 16.4 Å². The van der Waals surface area contributed by atoms with Crippen LogP contribution in [0.2, 0.25) is 0 Å².